The Morgan fingerprint density at radius 3 is 2.58 bits per heavy atom. The van der Waals surface area contributed by atoms with Crippen LogP contribution in [0.2, 0.25) is 0 Å². The van der Waals surface area contributed by atoms with E-state index in [1.54, 1.807) is 54.2 Å². The van der Waals surface area contributed by atoms with Crippen LogP contribution in [0.5, 0.6) is 0 Å². The third-order valence-electron chi connectivity index (χ3n) is 5.80. The lowest BCUT2D eigenvalue weighted by molar-refractivity contribution is -0.129. The molecule has 0 fully saturated rings. The van der Waals surface area contributed by atoms with Crippen molar-refractivity contribution in [2.45, 2.75) is 18.6 Å². The zero-order valence-corrected chi connectivity index (χ0v) is 18.8. The highest BCUT2D eigenvalue weighted by Crippen LogP contribution is 2.41. The number of aliphatic imine (C=N–C) groups is 1. The van der Waals surface area contributed by atoms with Gasteiger partial charge in [-0.3, -0.25) is 9.69 Å². The van der Waals surface area contributed by atoms with E-state index in [9.17, 15) is 13.6 Å². The molecular formula is C24H26F2N6O. The number of guanidine groups is 1. The number of halogens is 2. The number of carbonyl (C=O) groups is 1. The monoisotopic (exact) mass is 452 g/mol. The summed E-state index contributed by atoms with van der Waals surface area (Å²) >= 11 is 0. The fourth-order valence-electron chi connectivity index (χ4n) is 4.21. The predicted molar refractivity (Wildman–Crippen MR) is 123 cm³/mol. The van der Waals surface area contributed by atoms with Gasteiger partial charge >= 0.3 is 0 Å². The molecule has 3 aromatic rings. The number of hydrogen-bond acceptors (Lipinski definition) is 5. The van der Waals surface area contributed by atoms with Gasteiger partial charge in [0.25, 0.3) is 5.91 Å². The third-order valence-corrected chi connectivity index (χ3v) is 5.80. The molecule has 3 heterocycles. The Labute approximate surface area is 191 Å². The Kier molecular flexibility index (Phi) is 5.99. The van der Waals surface area contributed by atoms with Gasteiger partial charge in [-0.1, -0.05) is 18.2 Å². The molecule has 2 aromatic heterocycles. The minimum atomic E-state index is -1.46. The quantitative estimate of drug-likeness (QED) is 0.559. The standard InChI is InChI=1S/C24H26F2N6O/c1-30(2)15-19-13-18(14-32(19)11-9-25)24(22(33)31(3)23(27)29-24)17-7-4-6-16(12-17)20-8-5-10-28-21(20)26/h4-8,10,12-14H,9,11,15H2,1-3H3,(H2,27,29). The van der Waals surface area contributed by atoms with Gasteiger partial charge in [-0.15, -0.1) is 0 Å². The fraction of sp³-hybridized carbons (Fsp3) is 0.292. The molecule has 1 aliphatic rings. The maximum atomic E-state index is 14.4. The topological polar surface area (TPSA) is 79.8 Å². The summed E-state index contributed by atoms with van der Waals surface area (Å²) in [6, 6.07) is 12.1. The molecule has 0 saturated carbocycles. The van der Waals surface area contributed by atoms with Crippen LogP contribution in [0.4, 0.5) is 8.78 Å². The summed E-state index contributed by atoms with van der Waals surface area (Å²) in [6.45, 7) is 0.167. The summed E-state index contributed by atoms with van der Waals surface area (Å²) in [6.07, 6.45) is 3.13. The number of hydrogen-bond donors (Lipinski definition) is 1. The molecule has 1 amide bonds. The Hall–Kier alpha value is -3.59. The number of benzene rings is 1. The largest absolute Gasteiger partial charge is 0.369 e. The second-order valence-electron chi connectivity index (χ2n) is 8.31. The Morgan fingerprint density at radius 2 is 1.94 bits per heavy atom. The predicted octanol–water partition coefficient (Wildman–Crippen LogP) is 2.75. The van der Waals surface area contributed by atoms with Gasteiger partial charge in [0, 0.05) is 42.8 Å². The highest BCUT2D eigenvalue weighted by atomic mass is 19.1. The van der Waals surface area contributed by atoms with Crippen LogP contribution in [-0.4, -0.2) is 59.0 Å². The van der Waals surface area contributed by atoms with E-state index < -0.39 is 18.2 Å². The zero-order valence-electron chi connectivity index (χ0n) is 18.8. The molecule has 1 atom stereocenters. The van der Waals surface area contributed by atoms with Gasteiger partial charge in [0.15, 0.2) is 11.5 Å². The molecule has 1 aliphatic heterocycles. The van der Waals surface area contributed by atoms with Crippen molar-refractivity contribution in [1.82, 2.24) is 19.4 Å². The van der Waals surface area contributed by atoms with Crippen molar-refractivity contribution in [3.8, 4) is 11.1 Å². The number of pyridine rings is 1. The van der Waals surface area contributed by atoms with Crippen molar-refractivity contribution in [3.05, 3.63) is 77.6 Å². The Balaban J connectivity index is 1.93. The van der Waals surface area contributed by atoms with E-state index in [0.717, 1.165) is 5.69 Å². The molecule has 4 rings (SSSR count). The van der Waals surface area contributed by atoms with Gasteiger partial charge in [0.2, 0.25) is 5.95 Å². The number of rotatable bonds is 7. The normalized spacial score (nSPS) is 18.3. The van der Waals surface area contributed by atoms with Gasteiger partial charge in [0.05, 0.1) is 6.54 Å². The van der Waals surface area contributed by atoms with E-state index in [1.807, 2.05) is 25.1 Å². The van der Waals surface area contributed by atoms with E-state index >= 15 is 0 Å². The number of amides is 1. The number of aromatic nitrogens is 2. The molecule has 0 radical (unpaired) electrons. The van der Waals surface area contributed by atoms with Crippen LogP contribution in [0.25, 0.3) is 11.1 Å². The van der Waals surface area contributed by atoms with E-state index in [0.29, 0.717) is 28.8 Å². The minimum absolute atomic E-state index is 0.0744. The van der Waals surface area contributed by atoms with Gasteiger partial charge in [-0.2, -0.15) is 4.39 Å². The van der Waals surface area contributed by atoms with Gasteiger partial charge in [0.1, 0.15) is 6.67 Å². The Morgan fingerprint density at radius 1 is 1.15 bits per heavy atom. The summed E-state index contributed by atoms with van der Waals surface area (Å²) in [7, 11) is 5.39. The lowest BCUT2D eigenvalue weighted by Crippen LogP contribution is -2.41. The molecule has 2 N–H and O–H groups in total. The van der Waals surface area contributed by atoms with Crippen molar-refractivity contribution >= 4 is 11.9 Å². The molecule has 9 heteroatoms. The molecule has 172 valence electrons. The molecule has 1 unspecified atom stereocenters. The minimum Gasteiger partial charge on any atom is -0.369 e. The van der Waals surface area contributed by atoms with Crippen LogP contribution < -0.4 is 5.73 Å². The molecule has 7 nitrogen and oxygen atoms in total. The van der Waals surface area contributed by atoms with Crippen molar-refractivity contribution in [3.63, 3.8) is 0 Å². The first kappa shape index (κ1) is 22.6. The SMILES string of the molecule is CN(C)Cc1cc(C2(c3cccc(-c4cccnc4F)c3)N=C(N)N(C)C2=O)cn1CCF. The second-order valence-corrected chi connectivity index (χ2v) is 8.31. The van der Waals surface area contributed by atoms with E-state index in [1.165, 1.54) is 11.1 Å². The number of carbonyl (C=O) groups excluding carboxylic acids is 1. The summed E-state index contributed by atoms with van der Waals surface area (Å²) in [5, 5.41) is 0. The van der Waals surface area contributed by atoms with Crippen LogP contribution >= 0.6 is 0 Å². The van der Waals surface area contributed by atoms with Crippen LogP contribution in [-0.2, 0) is 23.4 Å². The molecule has 0 aliphatic carbocycles. The van der Waals surface area contributed by atoms with Crippen molar-refractivity contribution < 1.29 is 13.6 Å². The number of nitrogens with zero attached hydrogens (tertiary/aromatic N) is 5. The molecule has 0 spiro atoms. The smallest absolute Gasteiger partial charge is 0.266 e. The van der Waals surface area contributed by atoms with E-state index in [-0.39, 0.29) is 18.4 Å². The second kappa shape index (κ2) is 8.74. The van der Waals surface area contributed by atoms with Crippen molar-refractivity contribution in [2.75, 3.05) is 27.8 Å². The highest BCUT2D eigenvalue weighted by molar-refractivity contribution is 6.09. The number of nitrogens with two attached hydrogens (primary N) is 1. The van der Waals surface area contributed by atoms with E-state index in [2.05, 4.69) is 9.98 Å². The molecule has 1 aromatic carbocycles. The summed E-state index contributed by atoms with van der Waals surface area (Å²) < 4.78 is 29.5. The van der Waals surface area contributed by atoms with Crippen molar-refractivity contribution in [1.29, 1.82) is 0 Å². The molecule has 33 heavy (non-hydrogen) atoms. The molecule has 0 bridgehead atoms. The Bertz CT molecular complexity index is 1220. The molecule has 0 saturated heterocycles. The van der Waals surface area contributed by atoms with E-state index in [4.69, 9.17) is 5.73 Å². The lowest BCUT2D eigenvalue weighted by atomic mass is 9.83. The first-order valence-electron chi connectivity index (χ1n) is 10.5. The number of alkyl halides is 1. The van der Waals surface area contributed by atoms with Crippen LogP contribution in [0.3, 0.4) is 0 Å². The van der Waals surface area contributed by atoms with Gasteiger partial charge in [-0.05, 0) is 49.5 Å². The highest BCUT2D eigenvalue weighted by Gasteiger charge is 2.50. The average molecular weight is 453 g/mol. The maximum absolute atomic E-state index is 14.4. The first-order valence-corrected chi connectivity index (χ1v) is 10.5. The van der Waals surface area contributed by atoms with Gasteiger partial charge < -0.3 is 15.2 Å². The zero-order chi connectivity index (χ0) is 23.8. The van der Waals surface area contributed by atoms with Crippen LogP contribution in [0, 0.1) is 5.95 Å². The fourth-order valence-corrected chi connectivity index (χ4v) is 4.21. The summed E-state index contributed by atoms with van der Waals surface area (Å²) in [5.41, 5.74) is 7.46. The summed E-state index contributed by atoms with van der Waals surface area (Å²) in [4.78, 5) is 25.2. The molecular weight excluding hydrogens is 426 g/mol. The summed E-state index contributed by atoms with van der Waals surface area (Å²) in [5.74, 6) is -0.869. The van der Waals surface area contributed by atoms with Gasteiger partial charge in [-0.25, -0.2) is 14.4 Å². The average Bonchev–Trinajstić information content (AvgIpc) is 3.28. The number of aryl methyl sites for hydroxylation is 1. The maximum Gasteiger partial charge on any atom is 0.266 e. The van der Waals surface area contributed by atoms with Crippen molar-refractivity contribution in [2.24, 2.45) is 10.7 Å². The third kappa shape index (κ3) is 3.89. The lowest BCUT2D eigenvalue weighted by Gasteiger charge is -2.25. The number of likely N-dealkylation sites (N-methyl/N-ethyl adjacent to an activating group) is 1. The van der Waals surface area contributed by atoms with Crippen LogP contribution in [0.15, 0.2) is 59.9 Å². The van der Waals surface area contributed by atoms with Crippen LogP contribution in [0.1, 0.15) is 16.8 Å². The first-order chi connectivity index (χ1) is 15.8.